The molecular weight excluding hydrogens is 232 g/mol. The molecule has 2 aromatic rings. The van der Waals surface area contributed by atoms with E-state index in [0.717, 1.165) is 5.56 Å². The fraction of sp³-hybridized carbons (Fsp3) is 0.250. The minimum Gasteiger partial charge on any atom is -0.461 e. The third kappa shape index (κ3) is 2.65. The molecular formula is C12H14N4O2. The van der Waals surface area contributed by atoms with Gasteiger partial charge in [-0.25, -0.2) is 4.79 Å². The van der Waals surface area contributed by atoms with Crippen LogP contribution >= 0.6 is 0 Å². The smallest absolute Gasteiger partial charge is 0.361 e. The van der Waals surface area contributed by atoms with E-state index < -0.39 is 5.97 Å². The largest absolute Gasteiger partial charge is 0.461 e. The lowest BCUT2D eigenvalue weighted by Gasteiger charge is -2.00. The Balaban J connectivity index is 2.16. The van der Waals surface area contributed by atoms with Crippen molar-refractivity contribution < 1.29 is 9.53 Å². The molecule has 2 rings (SSSR count). The molecule has 0 fully saturated rings. The average Bonchev–Trinajstić information content (AvgIpc) is 2.72. The van der Waals surface area contributed by atoms with Crippen molar-refractivity contribution in [1.82, 2.24) is 14.8 Å². The van der Waals surface area contributed by atoms with Crippen LogP contribution in [0.1, 0.15) is 23.0 Å². The number of rotatable bonds is 4. The van der Waals surface area contributed by atoms with Gasteiger partial charge < -0.3 is 10.5 Å². The first-order chi connectivity index (χ1) is 8.70. The van der Waals surface area contributed by atoms with Crippen molar-refractivity contribution in [3.8, 4) is 0 Å². The molecule has 0 aliphatic carbocycles. The summed E-state index contributed by atoms with van der Waals surface area (Å²) in [5.41, 5.74) is 7.18. The van der Waals surface area contributed by atoms with E-state index in [-0.39, 0.29) is 5.69 Å². The number of aromatic nitrogens is 3. The van der Waals surface area contributed by atoms with E-state index >= 15 is 0 Å². The van der Waals surface area contributed by atoms with E-state index in [1.807, 2.05) is 12.1 Å². The van der Waals surface area contributed by atoms with Gasteiger partial charge >= 0.3 is 5.97 Å². The van der Waals surface area contributed by atoms with Gasteiger partial charge in [-0.15, -0.1) is 0 Å². The van der Waals surface area contributed by atoms with Gasteiger partial charge in [0.25, 0.3) is 0 Å². The first-order valence-electron chi connectivity index (χ1n) is 5.59. The molecule has 2 N–H and O–H groups in total. The summed E-state index contributed by atoms with van der Waals surface area (Å²) >= 11 is 0. The number of carbonyl (C=O) groups excluding carboxylic acids is 1. The van der Waals surface area contributed by atoms with Crippen LogP contribution in [0.2, 0.25) is 0 Å². The SMILES string of the molecule is CCOC(=O)c1nn(Cc2cccnc2)cc1N. The second-order valence-electron chi connectivity index (χ2n) is 3.71. The zero-order chi connectivity index (χ0) is 13.0. The first-order valence-corrected chi connectivity index (χ1v) is 5.59. The molecule has 0 saturated carbocycles. The van der Waals surface area contributed by atoms with E-state index in [1.165, 1.54) is 0 Å². The maximum absolute atomic E-state index is 11.5. The van der Waals surface area contributed by atoms with Gasteiger partial charge in [0.1, 0.15) is 0 Å². The molecule has 0 atom stereocenters. The van der Waals surface area contributed by atoms with Crippen LogP contribution in [0.3, 0.4) is 0 Å². The van der Waals surface area contributed by atoms with E-state index in [1.54, 1.807) is 30.2 Å². The number of nitrogen functional groups attached to an aromatic ring is 1. The van der Waals surface area contributed by atoms with E-state index in [2.05, 4.69) is 10.1 Å². The molecule has 0 aromatic carbocycles. The van der Waals surface area contributed by atoms with Gasteiger partial charge in [0.2, 0.25) is 0 Å². The summed E-state index contributed by atoms with van der Waals surface area (Å²) in [6.45, 7) is 2.55. The van der Waals surface area contributed by atoms with Gasteiger partial charge in [-0.3, -0.25) is 9.67 Å². The Bertz CT molecular complexity index is 536. The highest BCUT2D eigenvalue weighted by molar-refractivity contribution is 5.92. The molecule has 0 aliphatic heterocycles. The van der Waals surface area contributed by atoms with Crippen LogP contribution in [0.5, 0.6) is 0 Å². The van der Waals surface area contributed by atoms with E-state index in [9.17, 15) is 4.79 Å². The van der Waals surface area contributed by atoms with Crippen molar-refractivity contribution >= 4 is 11.7 Å². The molecule has 0 spiro atoms. The van der Waals surface area contributed by atoms with Crippen LogP contribution in [0.15, 0.2) is 30.7 Å². The summed E-state index contributed by atoms with van der Waals surface area (Å²) in [4.78, 5) is 15.6. The summed E-state index contributed by atoms with van der Waals surface area (Å²) in [6.07, 6.45) is 5.05. The fourth-order valence-corrected chi connectivity index (χ4v) is 1.55. The Morgan fingerprint density at radius 1 is 1.56 bits per heavy atom. The molecule has 6 nitrogen and oxygen atoms in total. The number of hydrogen-bond acceptors (Lipinski definition) is 5. The van der Waals surface area contributed by atoms with Gasteiger partial charge in [0, 0.05) is 18.6 Å². The number of pyridine rings is 1. The molecule has 0 unspecified atom stereocenters. The lowest BCUT2D eigenvalue weighted by molar-refractivity contribution is 0.0519. The quantitative estimate of drug-likeness (QED) is 0.816. The topological polar surface area (TPSA) is 83.0 Å². The third-order valence-corrected chi connectivity index (χ3v) is 2.33. The maximum Gasteiger partial charge on any atom is 0.361 e. The van der Waals surface area contributed by atoms with E-state index in [0.29, 0.717) is 18.8 Å². The van der Waals surface area contributed by atoms with Crippen molar-refractivity contribution in [2.75, 3.05) is 12.3 Å². The standard InChI is InChI=1S/C12H14N4O2/c1-2-18-12(17)11-10(13)8-16(15-11)7-9-4-3-5-14-6-9/h3-6,8H,2,7,13H2,1H3. The lowest BCUT2D eigenvalue weighted by atomic mass is 10.3. The molecule has 2 aromatic heterocycles. The number of anilines is 1. The molecule has 2 heterocycles. The number of nitrogens with two attached hydrogens (primary N) is 1. The summed E-state index contributed by atoms with van der Waals surface area (Å²) < 4.78 is 6.46. The monoisotopic (exact) mass is 246 g/mol. The zero-order valence-corrected chi connectivity index (χ0v) is 10.0. The van der Waals surface area contributed by atoms with Crippen molar-refractivity contribution in [2.45, 2.75) is 13.5 Å². The Hall–Kier alpha value is -2.37. The highest BCUT2D eigenvalue weighted by Gasteiger charge is 2.15. The zero-order valence-electron chi connectivity index (χ0n) is 10.0. The van der Waals surface area contributed by atoms with Crippen LogP contribution in [-0.4, -0.2) is 27.3 Å². The van der Waals surface area contributed by atoms with Gasteiger partial charge in [0.05, 0.1) is 18.8 Å². The molecule has 6 heteroatoms. The number of hydrogen-bond donors (Lipinski definition) is 1. The fourth-order valence-electron chi connectivity index (χ4n) is 1.55. The summed E-state index contributed by atoms with van der Waals surface area (Å²) in [7, 11) is 0. The molecule has 18 heavy (non-hydrogen) atoms. The normalized spacial score (nSPS) is 10.3. The Morgan fingerprint density at radius 3 is 3.06 bits per heavy atom. The number of carbonyl (C=O) groups is 1. The van der Waals surface area contributed by atoms with E-state index in [4.69, 9.17) is 10.5 Å². The highest BCUT2D eigenvalue weighted by Crippen LogP contribution is 2.11. The average molecular weight is 246 g/mol. The predicted octanol–water partition coefficient (Wildman–Crippen LogP) is 1.09. The van der Waals surface area contributed by atoms with Crippen molar-refractivity contribution in [2.24, 2.45) is 0 Å². The maximum atomic E-state index is 11.5. The van der Waals surface area contributed by atoms with Crippen LogP contribution in [0.25, 0.3) is 0 Å². The molecule has 0 bridgehead atoms. The van der Waals surface area contributed by atoms with Crippen LogP contribution < -0.4 is 5.73 Å². The van der Waals surface area contributed by atoms with Gasteiger partial charge in [-0.1, -0.05) is 6.07 Å². The molecule has 94 valence electrons. The van der Waals surface area contributed by atoms with Crippen molar-refractivity contribution in [3.63, 3.8) is 0 Å². The summed E-state index contributed by atoms with van der Waals surface area (Å²) in [5, 5.41) is 4.11. The molecule has 0 aliphatic rings. The van der Waals surface area contributed by atoms with Gasteiger partial charge in [-0.2, -0.15) is 5.10 Å². The van der Waals surface area contributed by atoms with Crippen molar-refractivity contribution in [3.05, 3.63) is 42.0 Å². The number of nitrogens with zero attached hydrogens (tertiary/aromatic N) is 3. The van der Waals surface area contributed by atoms with Crippen LogP contribution in [-0.2, 0) is 11.3 Å². The van der Waals surface area contributed by atoms with Crippen molar-refractivity contribution in [1.29, 1.82) is 0 Å². The Labute approximate surface area is 104 Å². The lowest BCUT2D eigenvalue weighted by Crippen LogP contribution is -2.09. The Kier molecular flexibility index (Phi) is 3.57. The second-order valence-corrected chi connectivity index (χ2v) is 3.71. The molecule has 0 amide bonds. The second kappa shape index (κ2) is 5.31. The third-order valence-electron chi connectivity index (χ3n) is 2.33. The summed E-state index contributed by atoms with van der Waals surface area (Å²) in [6, 6.07) is 3.77. The minimum atomic E-state index is -0.500. The Morgan fingerprint density at radius 2 is 2.39 bits per heavy atom. The van der Waals surface area contributed by atoms with Gasteiger partial charge in [0.15, 0.2) is 5.69 Å². The minimum absolute atomic E-state index is 0.153. The highest BCUT2D eigenvalue weighted by atomic mass is 16.5. The number of ether oxygens (including phenoxy) is 1. The first kappa shape index (κ1) is 12.1. The van der Waals surface area contributed by atoms with Crippen LogP contribution in [0, 0.1) is 0 Å². The summed E-state index contributed by atoms with van der Waals surface area (Å²) in [5.74, 6) is -0.500. The van der Waals surface area contributed by atoms with Crippen LogP contribution in [0.4, 0.5) is 5.69 Å². The molecule has 0 saturated heterocycles. The number of esters is 1. The molecule has 0 radical (unpaired) electrons. The van der Waals surface area contributed by atoms with Gasteiger partial charge in [-0.05, 0) is 18.6 Å². The predicted molar refractivity (Wildman–Crippen MR) is 65.9 cm³/mol.